The Labute approximate surface area is 507 Å². The lowest BCUT2D eigenvalue weighted by Gasteiger charge is -2.27. The first-order valence-electron chi connectivity index (χ1n) is 34.4. The smallest absolute Gasteiger partial charge is 0.456 e. The van der Waals surface area contributed by atoms with E-state index in [-0.39, 0.29) is 31.5 Å². The van der Waals surface area contributed by atoms with Crippen molar-refractivity contribution in [1.29, 1.82) is 0 Å². The van der Waals surface area contributed by atoms with Crippen molar-refractivity contribution in [3.8, 4) is 0 Å². The summed E-state index contributed by atoms with van der Waals surface area (Å²) in [7, 11) is 1.48. The number of carbonyl (C=O) groups is 2. The largest absolute Gasteiger partial charge is 0.472 e. The lowest BCUT2D eigenvalue weighted by Crippen LogP contribution is -2.47. The second kappa shape index (κ2) is 61.3. The fourth-order valence-electron chi connectivity index (χ4n) is 9.74. The van der Waals surface area contributed by atoms with Gasteiger partial charge in [0.15, 0.2) is 0 Å². The zero-order chi connectivity index (χ0) is 60.0. The van der Waals surface area contributed by atoms with Gasteiger partial charge in [-0.25, -0.2) is 4.57 Å². The highest BCUT2D eigenvalue weighted by atomic mass is 31.2. The Bertz CT molecular complexity index is 1680. The SMILES string of the molecule is CCCCC/C=C\C/C=C\C/C=C\C/C=C\CCCCCCCCCCCCCC(=O)OC(/C=C\CCCCCCCCCCCCC)C(COP(=O)(O)OCC[N+](C)(C)C)NC(=O)CCCCC/C=C/C=C/CCCCCCCCC. The van der Waals surface area contributed by atoms with E-state index in [4.69, 9.17) is 13.8 Å². The van der Waals surface area contributed by atoms with Crippen molar-refractivity contribution in [3.05, 3.63) is 85.1 Å². The summed E-state index contributed by atoms with van der Waals surface area (Å²) in [6.07, 6.45) is 81.6. The third-order valence-corrected chi connectivity index (χ3v) is 16.1. The molecule has 0 aromatic heterocycles. The Morgan fingerprint density at radius 2 is 0.780 bits per heavy atom. The number of likely N-dealkylation sites (N-methyl/N-ethyl adjacent to an activating group) is 1. The first kappa shape index (κ1) is 79.2. The van der Waals surface area contributed by atoms with E-state index in [0.717, 1.165) is 83.5 Å². The first-order chi connectivity index (χ1) is 39.9. The number of nitrogens with zero attached hydrogens (tertiary/aromatic N) is 1. The van der Waals surface area contributed by atoms with Gasteiger partial charge in [0, 0.05) is 12.8 Å². The molecule has 0 bridgehead atoms. The molecule has 0 saturated heterocycles. The van der Waals surface area contributed by atoms with Crippen LogP contribution in [0, 0.1) is 0 Å². The van der Waals surface area contributed by atoms with Crippen molar-refractivity contribution < 1.29 is 37.3 Å². The Hall–Kier alpha value is -2.81. The van der Waals surface area contributed by atoms with Gasteiger partial charge in [-0.2, -0.15) is 0 Å². The van der Waals surface area contributed by atoms with Gasteiger partial charge in [0.25, 0.3) is 0 Å². The minimum Gasteiger partial charge on any atom is -0.456 e. The maximum Gasteiger partial charge on any atom is 0.472 e. The molecule has 9 nitrogen and oxygen atoms in total. The number of phosphoric acid groups is 1. The van der Waals surface area contributed by atoms with E-state index in [1.165, 1.54) is 186 Å². The van der Waals surface area contributed by atoms with Crippen molar-refractivity contribution in [2.75, 3.05) is 40.9 Å². The van der Waals surface area contributed by atoms with Gasteiger partial charge in [-0.15, -0.1) is 0 Å². The van der Waals surface area contributed by atoms with Crippen molar-refractivity contribution in [2.24, 2.45) is 0 Å². The molecule has 0 aliphatic rings. The molecule has 0 aromatic rings. The summed E-state index contributed by atoms with van der Waals surface area (Å²) >= 11 is 0. The number of quaternary nitrogens is 1. The van der Waals surface area contributed by atoms with E-state index >= 15 is 0 Å². The molecule has 1 amide bonds. The molecule has 0 radical (unpaired) electrons. The van der Waals surface area contributed by atoms with Crippen molar-refractivity contribution in [2.45, 2.75) is 322 Å². The highest BCUT2D eigenvalue weighted by molar-refractivity contribution is 7.47. The molecule has 0 saturated carbocycles. The summed E-state index contributed by atoms with van der Waals surface area (Å²) in [6.45, 7) is 6.98. The predicted molar refractivity (Wildman–Crippen MR) is 355 cm³/mol. The molecule has 0 rings (SSSR count). The minimum atomic E-state index is -4.46. The molecule has 476 valence electrons. The van der Waals surface area contributed by atoms with Crippen LogP contribution in [0.4, 0.5) is 0 Å². The summed E-state index contributed by atoms with van der Waals surface area (Å²) in [4.78, 5) is 37.8. The molecule has 0 aromatic carbocycles. The lowest BCUT2D eigenvalue weighted by molar-refractivity contribution is -0.870. The van der Waals surface area contributed by atoms with Crippen LogP contribution in [0.1, 0.15) is 310 Å². The second-order valence-corrected chi connectivity index (χ2v) is 25.8. The van der Waals surface area contributed by atoms with E-state index in [1.807, 2.05) is 33.3 Å². The third kappa shape index (κ3) is 61.7. The highest BCUT2D eigenvalue weighted by Crippen LogP contribution is 2.43. The summed E-state index contributed by atoms with van der Waals surface area (Å²) in [6, 6.07) is -0.867. The van der Waals surface area contributed by atoms with Crippen LogP contribution in [-0.2, 0) is 27.9 Å². The molecule has 0 aliphatic heterocycles. The van der Waals surface area contributed by atoms with Crippen LogP contribution in [-0.4, -0.2) is 74.3 Å². The van der Waals surface area contributed by atoms with Gasteiger partial charge in [-0.3, -0.25) is 18.6 Å². The maximum atomic E-state index is 13.6. The molecule has 0 spiro atoms. The Balaban J connectivity index is 5.13. The zero-order valence-corrected chi connectivity index (χ0v) is 55.4. The Morgan fingerprint density at radius 3 is 1.22 bits per heavy atom. The van der Waals surface area contributed by atoms with Crippen LogP contribution in [0.15, 0.2) is 85.1 Å². The number of unbranched alkanes of at least 4 members (excludes halogenated alkanes) is 35. The molecule has 10 heteroatoms. The fourth-order valence-corrected chi connectivity index (χ4v) is 10.5. The molecule has 3 atom stereocenters. The average Bonchev–Trinajstić information content (AvgIpc) is 3.45. The topological polar surface area (TPSA) is 111 Å². The second-order valence-electron chi connectivity index (χ2n) is 24.4. The minimum absolute atomic E-state index is 0.0323. The summed E-state index contributed by atoms with van der Waals surface area (Å²) in [5.41, 5.74) is 0. The first-order valence-corrected chi connectivity index (χ1v) is 35.9. The number of carbonyl (C=O) groups excluding carboxylic acids is 2. The van der Waals surface area contributed by atoms with E-state index in [1.54, 1.807) is 0 Å². The maximum absolute atomic E-state index is 13.6. The monoisotopic (exact) mass is 1170 g/mol. The molecular formula is C72H132N2O7P+. The molecular weight excluding hydrogens is 1040 g/mol. The number of hydrogen-bond donors (Lipinski definition) is 2. The standard InChI is InChI=1S/C72H131N2O7P/c1-7-10-13-16-19-22-25-28-30-32-33-34-35-36-37-38-39-40-41-42-44-47-50-53-56-59-62-65-72(76)81-70(63-60-57-54-51-48-45-27-24-21-18-15-12-9-3)69(68-80-82(77,78)79-67-66-74(4,5)6)73-71(75)64-61-58-55-52-49-46-43-31-29-26-23-20-17-14-11-8-2/h19,22,28,30-31,33-34,36-37,43,46,49,60,63,69-70H,7-18,20-21,23-27,29,32,35,38-42,44-45,47-48,50-59,61-62,64-68H2,1-6H3,(H-,73,75,77,78)/p+1/b22-19-,30-28-,34-33-,37-36-,43-31+,49-46+,63-60-. The van der Waals surface area contributed by atoms with Crippen LogP contribution in [0.2, 0.25) is 0 Å². The average molecular weight is 1170 g/mol. The van der Waals surface area contributed by atoms with E-state index in [0.29, 0.717) is 23.9 Å². The number of amides is 1. The fraction of sp³-hybridized carbons (Fsp3) is 0.778. The van der Waals surface area contributed by atoms with Gasteiger partial charge in [-0.05, 0) is 102 Å². The number of rotatable bonds is 62. The number of phosphoric ester groups is 1. The third-order valence-electron chi connectivity index (χ3n) is 15.1. The van der Waals surface area contributed by atoms with Crippen LogP contribution in [0.25, 0.3) is 0 Å². The van der Waals surface area contributed by atoms with Crippen LogP contribution >= 0.6 is 7.82 Å². The van der Waals surface area contributed by atoms with Crippen LogP contribution in [0.5, 0.6) is 0 Å². The van der Waals surface area contributed by atoms with Gasteiger partial charge in [-0.1, -0.05) is 280 Å². The van der Waals surface area contributed by atoms with Gasteiger partial charge in [0.1, 0.15) is 19.3 Å². The molecule has 0 heterocycles. The van der Waals surface area contributed by atoms with Gasteiger partial charge in [0.05, 0.1) is 33.8 Å². The Morgan fingerprint density at radius 1 is 0.439 bits per heavy atom. The summed E-state index contributed by atoms with van der Waals surface area (Å²) in [5.74, 6) is -0.535. The zero-order valence-electron chi connectivity index (χ0n) is 54.5. The number of allylic oxidation sites excluding steroid dienone is 13. The van der Waals surface area contributed by atoms with Gasteiger partial charge in [0.2, 0.25) is 5.91 Å². The molecule has 0 fully saturated rings. The number of ether oxygens (including phenoxy) is 1. The predicted octanol–water partition coefficient (Wildman–Crippen LogP) is 21.7. The molecule has 2 N–H and O–H groups in total. The summed E-state index contributed by atoms with van der Waals surface area (Å²) < 4.78 is 30.8. The van der Waals surface area contributed by atoms with Crippen molar-refractivity contribution in [1.82, 2.24) is 5.32 Å². The quantitative estimate of drug-likeness (QED) is 0.0156. The van der Waals surface area contributed by atoms with Crippen LogP contribution in [0.3, 0.4) is 0 Å². The normalized spacial score (nSPS) is 14.1. The number of nitrogens with one attached hydrogen (secondary N) is 1. The van der Waals surface area contributed by atoms with E-state index in [9.17, 15) is 19.0 Å². The highest BCUT2D eigenvalue weighted by Gasteiger charge is 2.30. The molecule has 82 heavy (non-hydrogen) atoms. The van der Waals surface area contributed by atoms with Crippen molar-refractivity contribution >= 4 is 19.7 Å². The van der Waals surface area contributed by atoms with Gasteiger partial charge < -0.3 is 19.4 Å². The molecule has 0 aliphatic carbocycles. The van der Waals surface area contributed by atoms with Crippen LogP contribution < -0.4 is 5.32 Å². The van der Waals surface area contributed by atoms with E-state index in [2.05, 4.69) is 99.0 Å². The Kier molecular flexibility index (Phi) is 59.2. The van der Waals surface area contributed by atoms with E-state index < -0.39 is 20.0 Å². The summed E-state index contributed by atoms with van der Waals surface area (Å²) in [5, 5.41) is 3.05. The van der Waals surface area contributed by atoms with Crippen molar-refractivity contribution in [3.63, 3.8) is 0 Å². The van der Waals surface area contributed by atoms with Gasteiger partial charge >= 0.3 is 13.8 Å². The lowest BCUT2D eigenvalue weighted by atomic mass is 10.0. The number of esters is 1. The molecule has 3 unspecified atom stereocenters. The number of hydrogen-bond acceptors (Lipinski definition) is 6.